The minimum absolute atomic E-state index is 0.0384. The Kier molecular flexibility index (Phi) is 5.85. The summed E-state index contributed by atoms with van der Waals surface area (Å²) < 4.78 is 43.2. The average molecular weight is 472 g/mol. The van der Waals surface area contributed by atoms with Gasteiger partial charge in [-0.15, -0.1) is 0 Å². The standard InChI is InChI=1S/C27H18F2N2O4/c1-30-27(32)35-25-14-19-12-18(13-23(26(19)34-25)17-2-6-20(28)7-3-17)16-4-8-21(9-5-16)33-22-10-11-24(29)31-15-22/h2-15H,1H3,(H,30,32). The molecule has 5 rings (SSSR count). The molecule has 6 nitrogen and oxygen atoms in total. The van der Waals surface area contributed by atoms with E-state index in [0.717, 1.165) is 16.7 Å². The molecule has 2 heterocycles. The van der Waals surface area contributed by atoms with Gasteiger partial charge in [0.05, 0.1) is 6.20 Å². The van der Waals surface area contributed by atoms with Gasteiger partial charge in [-0.05, 0) is 65.2 Å². The molecule has 0 radical (unpaired) electrons. The molecular formula is C27H18F2N2O4. The summed E-state index contributed by atoms with van der Waals surface area (Å²) in [5.74, 6) is 0.0867. The third-order valence-electron chi connectivity index (χ3n) is 5.27. The molecule has 0 bridgehead atoms. The molecule has 174 valence electrons. The Hall–Kier alpha value is -4.72. The van der Waals surface area contributed by atoms with Crippen LogP contribution >= 0.6 is 0 Å². The summed E-state index contributed by atoms with van der Waals surface area (Å²) >= 11 is 0. The van der Waals surface area contributed by atoms with Crippen LogP contribution in [0.5, 0.6) is 17.4 Å². The number of benzene rings is 3. The molecule has 1 N–H and O–H groups in total. The lowest BCUT2D eigenvalue weighted by atomic mass is 9.96. The van der Waals surface area contributed by atoms with Gasteiger partial charge in [0.2, 0.25) is 5.95 Å². The molecule has 0 spiro atoms. The van der Waals surface area contributed by atoms with Gasteiger partial charge in [0.1, 0.15) is 22.9 Å². The van der Waals surface area contributed by atoms with Crippen molar-refractivity contribution in [3.8, 4) is 39.7 Å². The SMILES string of the molecule is CNC(=O)Oc1cc2cc(-c3ccc(Oc4ccc(F)nc4)cc3)cc(-c3ccc(F)cc3)c2o1. The largest absolute Gasteiger partial charge is 0.456 e. The molecule has 0 saturated heterocycles. The van der Waals surface area contributed by atoms with Crippen molar-refractivity contribution in [3.05, 3.63) is 96.8 Å². The fourth-order valence-electron chi connectivity index (χ4n) is 3.61. The Labute approximate surface area is 198 Å². The second-order valence-corrected chi connectivity index (χ2v) is 7.60. The quantitative estimate of drug-likeness (QED) is 0.280. The third-order valence-corrected chi connectivity index (χ3v) is 5.27. The zero-order valence-corrected chi connectivity index (χ0v) is 18.4. The number of carbonyl (C=O) groups excluding carboxylic acids is 1. The number of hydrogen-bond donors (Lipinski definition) is 1. The van der Waals surface area contributed by atoms with Crippen molar-refractivity contribution in [2.75, 3.05) is 7.05 Å². The van der Waals surface area contributed by atoms with Crippen molar-refractivity contribution in [3.63, 3.8) is 0 Å². The van der Waals surface area contributed by atoms with Crippen molar-refractivity contribution in [1.29, 1.82) is 0 Å². The molecule has 35 heavy (non-hydrogen) atoms. The summed E-state index contributed by atoms with van der Waals surface area (Å²) in [6.45, 7) is 0. The van der Waals surface area contributed by atoms with Crippen LogP contribution in [0.25, 0.3) is 33.2 Å². The van der Waals surface area contributed by atoms with E-state index < -0.39 is 12.0 Å². The molecule has 8 heteroatoms. The molecule has 0 aliphatic rings. The molecule has 0 atom stereocenters. The molecule has 0 aliphatic carbocycles. The van der Waals surface area contributed by atoms with Gasteiger partial charge in [0, 0.05) is 24.1 Å². The number of hydrogen-bond acceptors (Lipinski definition) is 5. The highest BCUT2D eigenvalue weighted by atomic mass is 19.1. The summed E-state index contributed by atoms with van der Waals surface area (Å²) in [6, 6.07) is 21.6. The van der Waals surface area contributed by atoms with E-state index in [-0.39, 0.29) is 11.8 Å². The van der Waals surface area contributed by atoms with Crippen LogP contribution in [0, 0.1) is 11.8 Å². The second kappa shape index (κ2) is 9.26. The van der Waals surface area contributed by atoms with Crippen molar-refractivity contribution >= 4 is 17.1 Å². The minimum atomic E-state index is -0.653. The number of amides is 1. The van der Waals surface area contributed by atoms with Crippen LogP contribution < -0.4 is 14.8 Å². The number of furan rings is 1. The Bertz CT molecular complexity index is 1500. The first-order valence-electron chi connectivity index (χ1n) is 10.6. The van der Waals surface area contributed by atoms with Crippen LogP contribution in [0.4, 0.5) is 13.6 Å². The highest BCUT2D eigenvalue weighted by molar-refractivity contribution is 5.97. The summed E-state index contributed by atoms with van der Waals surface area (Å²) in [5, 5.41) is 3.08. The Balaban J connectivity index is 1.53. The predicted molar refractivity (Wildman–Crippen MR) is 126 cm³/mol. The lowest BCUT2D eigenvalue weighted by molar-refractivity contribution is 0.191. The number of carbonyl (C=O) groups is 1. The molecule has 0 saturated carbocycles. The van der Waals surface area contributed by atoms with Gasteiger partial charge in [-0.2, -0.15) is 4.39 Å². The van der Waals surface area contributed by atoms with Gasteiger partial charge in [-0.25, -0.2) is 14.2 Å². The molecule has 1 amide bonds. The van der Waals surface area contributed by atoms with Crippen LogP contribution in [0.15, 0.2) is 89.5 Å². The first kappa shape index (κ1) is 22.1. The van der Waals surface area contributed by atoms with Gasteiger partial charge in [0.25, 0.3) is 5.95 Å². The molecule has 5 aromatic rings. The van der Waals surface area contributed by atoms with Gasteiger partial charge < -0.3 is 19.2 Å². The summed E-state index contributed by atoms with van der Waals surface area (Å²) in [7, 11) is 1.45. The summed E-state index contributed by atoms with van der Waals surface area (Å²) in [5.41, 5.74) is 3.70. The van der Waals surface area contributed by atoms with E-state index in [4.69, 9.17) is 13.9 Å². The molecule has 0 fully saturated rings. The lowest BCUT2D eigenvalue weighted by Gasteiger charge is -2.09. The zero-order chi connectivity index (χ0) is 24.4. The average Bonchev–Trinajstić information content (AvgIpc) is 3.28. The van der Waals surface area contributed by atoms with Crippen LogP contribution in [-0.2, 0) is 0 Å². The summed E-state index contributed by atoms with van der Waals surface area (Å²) in [4.78, 5) is 15.2. The number of aromatic nitrogens is 1. The maximum absolute atomic E-state index is 13.5. The van der Waals surface area contributed by atoms with Crippen LogP contribution in [0.2, 0.25) is 0 Å². The van der Waals surface area contributed by atoms with Crippen molar-refractivity contribution in [2.24, 2.45) is 0 Å². The molecule has 0 unspecified atom stereocenters. The van der Waals surface area contributed by atoms with Crippen molar-refractivity contribution in [2.45, 2.75) is 0 Å². The van der Waals surface area contributed by atoms with E-state index in [1.54, 1.807) is 30.3 Å². The van der Waals surface area contributed by atoms with E-state index in [9.17, 15) is 13.6 Å². The number of halogens is 2. The fourth-order valence-corrected chi connectivity index (χ4v) is 3.61. The number of nitrogens with one attached hydrogen (secondary N) is 1. The van der Waals surface area contributed by atoms with E-state index in [2.05, 4.69) is 10.3 Å². The van der Waals surface area contributed by atoms with E-state index in [1.807, 2.05) is 24.3 Å². The van der Waals surface area contributed by atoms with Crippen molar-refractivity contribution in [1.82, 2.24) is 10.3 Å². The zero-order valence-electron chi connectivity index (χ0n) is 18.4. The maximum atomic E-state index is 13.5. The van der Waals surface area contributed by atoms with Gasteiger partial charge in [0.15, 0.2) is 0 Å². The Morgan fingerprint density at radius 2 is 1.57 bits per heavy atom. The monoisotopic (exact) mass is 472 g/mol. The number of rotatable bonds is 5. The first-order chi connectivity index (χ1) is 17.0. The number of ether oxygens (including phenoxy) is 2. The molecule has 3 aromatic carbocycles. The van der Waals surface area contributed by atoms with E-state index in [0.29, 0.717) is 28.0 Å². The topological polar surface area (TPSA) is 73.6 Å². The highest BCUT2D eigenvalue weighted by Crippen LogP contribution is 2.38. The first-order valence-corrected chi connectivity index (χ1v) is 10.6. The van der Waals surface area contributed by atoms with Gasteiger partial charge >= 0.3 is 6.09 Å². The van der Waals surface area contributed by atoms with Crippen LogP contribution in [-0.4, -0.2) is 18.1 Å². The number of fused-ring (bicyclic) bond motifs is 1. The fraction of sp³-hybridized carbons (Fsp3) is 0.0370. The number of pyridine rings is 1. The lowest BCUT2D eigenvalue weighted by Crippen LogP contribution is -2.21. The second-order valence-electron chi connectivity index (χ2n) is 7.60. The third kappa shape index (κ3) is 4.81. The highest BCUT2D eigenvalue weighted by Gasteiger charge is 2.16. The van der Waals surface area contributed by atoms with Crippen molar-refractivity contribution < 1.29 is 27.5 Å². The van der Waals surface area contributed by atoms with E-state index >= 15 is 0 Å². The predicted octanol–water partition coefficient (Wildman–Crippen LogP) is 6.95. The summed E-state index contributed by atoms with van der Waals surface area (Å²) in [6.07, 6.45) is 0.656. The molecular weight excluding hydrogens is 454 g/mol. The Morgan fingerprint density at radius 3 is 2.26 bits per heavy atom. The van der Waals surface area contributed by atoms with Crippen LogP contribution in [0.3, 0.4) is 0 Å². The Morgan fingerprint density at radius 1 is 0.857 bits per heavy atom. The van der Waals surface area contributed by atoms with E-state index in [1.165, 1.54) is 37.5 Å². The molecule has 2 aromatic heterocycles. The minimum Gasteiger partial charge on any atom is -0.456 e. The molecule has 0 aliphatic heterocycles. The van der Waals surface area contributed by atoms with Gasteiger partial charge in [-0.1, -0.05) is 24.3 Å². The maximum Gasteiger partial charge on any atom is 0.414 e. The number of nitrogens with zero attached hydrogens (tertiary/aromatic N) is 1. The van der Waals surface area contributed by atoms with Crippen LogP contribution in [0.1, 0.15) is 0 Å². The normalized spacial score (nSPS) is 10.8. The van der Waals surface area contributed by atoms with Gasteiger partial charge in [-0.3, -0.25) is 0 Å². The smallest absolute Gasteiger partial charge is 0.414 e.